The van der Waals surface area contributed by atoms with Crippen LogP contribution in [0.1, 0.15) is 51.6 Å². The number of aromatic nitrogens is 1. The molecule has 0 fully saturated rings. The lowest BCUT2D eigenvalue weighted by molar-refractivity contribution is 0.0499. The Morgan fingerprint density at radius 2 is 1.71 bits per heavy atom. The van der Waals surface area contributed by atoms with E-state index in [0.29, 0.717) is 23.4 Å². The number of hydrogen-bond acceptors (Lipinski definition) is 4. The van der Waals surface area contributed by atoms with E-state index in [-0.39, 0.29) is 11.9 Å². The van der Waals surface area contributed by atoms with Crippen molar-refractivity contribution in [1.82, 2.24) is 4.98 Å². The van der Waals surface area contributed by atoms with Crippen molar-refractivity contribution in [2.24, 2.45) is 0 Å². The van der Waals surface area contributed by atoms with Gasteiger partial charge in [-0.2, -0.15) is 0 Å². The molecule has 0 unspecified atom stereocenters. The summed E-state index contributed by atoms with van der Waals surface area (Å²) in [5, 5.41) is 3.70. The number of benzene rings is 3. The summed E-state index contributed by atoms with van der Waals surface area (Å²) in [6.45, 7) is 6.58. The maximum absolute atomic E-state index is 13.4. The molecule has 1 amide bonds. The molecule has 0 radical (unpaired) electrons. The first-order valence-electron chi connectivity index (χ1n) is 11.6. The highest BCUT2D eigenvalue weighted by Gasteiger charge is 2.16. The fourth-order valence-corrected chi connectivity index (χ4v) is 4.08. The number of halogens is 1. The molecule has 3 aromatic carbocycles. The van der Waals surface area contributed by atoms with Gasteiger partial charge < -0.3 is 10.1 Å². The van der Waals surface area contributed by atoms with E-state index in [1.807, 2.05) is 37.3 Å². The van der Waals surface area contributed by atoms with E-state index in [1.54, 1.807) is 24.3 Å². The number of nitrogens with zero attached hydrogens (tertiary/aromatic N) is 1. The van der Waals surface area contributed by atoms with E-state index in [2.05, 4.69) is 47.2 Å². The molecule has 0 aliphatic heterocycles. The molecule has 1 aromatic heterocycles. The predicted octanol–water partition coefficient (Wildman–Crippen LogP) is 7.49. The molecule has 6 heteroatoms. The van der Waals surface area contributed by atoms with E-state index in [0.717, 1.165) is 39.5 Å². The molecule has 0 aliphatic rings. The predicted molar refractivity (Wildman–Crippen MR) is 144 cm³/mol. The van der Waals surface area contributed by atoms with Gasteiger partial charge in [0.05, 0.1) is 28.9 Å². The van der Waals surface area contributed by atoms with E-state index < -0.39 is 0 Å². The largest absolute Gasteiger partial charge is 0.462 e. The van der Waals surface area contributed by atoms with Gasteiger partial charge in [-0.05, 0) is 86.0 Å². The maximum atomic E-state index is 13.4. The molecule has 0 bridgehead atoms. The summed E-state index contributed by atoms with van der Waals surface area (Å²) in [6, 6.07) is 20.4. The quantitative estimate of drug-likeness (QED) is 0.198. The number of nitrogens with one attached hydrogen (secondary N) is 1. The summed E-state index contributed by atoms with van der Waals surface area (Å²) in [5.74, 6) is -0.613. The van der Waals surface area contributed by atoms with Gasteiger partial charge in [0.1, 0.15) is 0 Å². The van der Waals surface area contributed by atoms with Gasteiger partial charge >= 0.3 is 5.97 Å². The van der Waals surface area contributed by atoms with Crippen molar-refractivity contribution in [2.45, 2.75) is 33.6 Å². The first kappa shape index (κ1) is 24.6. The van der Waals surface area contributed by atoms with Crippen LogP contribution in [0.4, 0.5) is 5.69 Å². The standard InChI is InChI=1S/C29H27BrN2O3/c1-4-5-14-35-29(34)20-8-11-23(12-9-20)31-28(33)25-17-27(21-7-6-18(2)19(3)15-21)32-26-13-10-22(30)16-24(25)26/h6-13,15-17H,4-5,14H2,1-3H3,(H,31,33). The second-order valence-electron chi connectivity index (χ2n) is 8.54. The smallest absolute Gasteiger partial charge is 0.338 e. The molecule has 1 N–H and O–H groups in total. The third kappa shape index (κ3) is 5.77. The minimum absolute atomic E-state index is 0.251. The summed E-state index contributed by atoms with van der Waals surface area (Å²) in [4.78, 5) is 30.4. The number of hydrogen-bond donors (Lipinski definition) is 1. The molecule has 178 valence electrons. The fourth-order valence-electron chi connectivity index (χ4n) is 3.72. The van der Waals surface area contributed by atoms with Crippen molar-refractivity contribution in [3.05, 3.63) is 93.5 Å². The van der Waals surface area contributed by atoms with Crippen molar-refractivity contribution >= 4 is 44.4 Å². The highest BCUT2D eigenvalue weighted by molar-refractivity contribution is 9.10. The van der Waals surface area contributed by atoms with Gasteiger partial charge in [-0.1, -0.05) is 41.4 Å². The first-order chi connectivity index (χ1) is 16.9. The van der Waals surface area contributed by atoms with E-state index in [1.165, 1.54) is 11.1 Å². The second-order valence-corrected chi connectivity index (χ2v) is 9.45. The lowest BCUT2D eigenvalue weighted by Crippen LogP contribution is -2.13. The number of amides is 1. The minimum Gasteiger partial charge on any atom is -0.462 e. The highest BCUT2D eigenvalue weighted by atomic mass is 79.9. The lowest BCUT2D eigenvalue weighted by atomic mass is 10.0. The van der Waals surface area contributed by atoms with Crippen LogP contribution in [0.25, 0.3) is 22.2 Å². The Kier molecular flexibility index (Phi) is 7.61. The molecule has 4 aromatic rings. The van der Waals surface area contributed by atoms with Crippen LogP contribution >= 0.6 is 15.9 Å². The van der Waals surface area contributed by atoms with Gasteiger partial charge in [0.15, 0.2) is 0 Å². The lowest BCUT2D eigenvalue weighted by Gasteiger charge is -2.12. The highest BCUT2D eigenvalue weighted by Crippen LogP contribution is 2.29. The summed E-state index contributed by atoms with van der Waals surface area (Å²) in [7, 11) is 0. The Hall–Kier alpha value is -3.51. The van der Waals surface area contributed by atoms with E-state index in [9.17, 15) is 9.59 Å². The molecule has 0 saturated carbocycles. The Bertz CT molecular complexity index is 1400. The van der Waals surface area contributed by atoms with Gasteiger partial charge in [-0.25, -0.2) is 9.78 Å². The SMILES string of the molecule is CCCCOC(=O)c1ccc(NC(=O)c2cc(-c3ccc(C)c(C)c3)nc3ccc(Br)cc23)cc1. The third-order valence-corrected chi connectivity index (χ3v) is 6.42. The van der Waals surface area contributed by atoms with Crippen LogP contribution in [-0.4, -0.2) is 23.5 Å². The third-order valence-electron chi connectivity index (χ3n) is 5.93. The second kappa shape index (κ2) is 10.8. The molecule has 0 saturated heterocycles. The first-order valence-corrected chi connectivity index (χ1v) is 12.4. The monoisotopic (exact) mass is 530 g/mol. The molecule has 1 heterocycles. The number of aryl methyl sites for hydroxylation is 2. The van der Waals surface area contributed by atoms with Crippen LogP contribution in [-0.2, 0) is 4.74 Å². The van der Waals surface area contributed by atoms with Gasteiger partial charge in [0.25, 0.3) is 5.91 Å². The zero-order valence-corrected chi connectivity index (χ0v) is 21.6. The molecule has 0 aliphatic carbocycles. The number of rotatable bonds is 7. The minimum atomic E-state index is -0.362. The normalized spacial score (nSPS) is 10.9. The Morgan fingerprint density at radius 1 is 0.943 bits per heavy atom. The van der Waals surface area contributed by atoms with Crippen molar-refractivity contribution in [1.29, 1.82) is 0 Å². The summed E-state index contributed by atoms with van der Waals surface area (Å²) in [6.07, 6.45) is 1.80. The maximum Gasteiger partial charge on any atom is 0.338 e. The number of carbonyl (C=O) groups is 2. The Labute approximate surface area is 213 Å². The van der Waals surface area contributed by atoms with Crippen LogP contribution in [0.5, 0.6) is 0 Å². The zero-order chi connectivity index (χ0) is 24.9. The molecular formula is C29H27BrN2O3. The van der Waals surface area contributed by atoms with Gasteiger partial charge in [0, 0.05) is 21.1 Å². The summed E-state index contributed by atoms with van der Waals surface area (Å²) >= 11 is 3.50. The number of esters is 1. The summed E-state index contributed by atoms with van der Waals surface area (Å²) < 4.78 is 6.12. The van der Waals surface area contributed by atoms with Crippen LogP contribution in [0.3, 0.4) is 0 Å². The Morgan fingerprint density at radius 3 is 2.43 bits per heavy atom. The molecule has 5 nitrogen and oxygen atoms in total. The van der Waals surface area contributed by atoms with Crippen molar-refractivity contribution in [3.63, 3.8) is 0 Å². The van der Waals surface area contributed by atoms with Crippen LogP contribution in [0, 0.1) is 13.8 Å². The number of anilines is 1. The van der Waals surface area contributed by atoms with Crippen LogP contribution in [0.15, 0.2) is 71.2 Å². The number of ether oxygens (including phenoxy) is 1. The average Bonchev–Trinajstić information content (AvgIpc) is 2.85. The number of unbranched alkanes of at least 4 members (excludes halogenated alkanes) is 1. The van der Waals surface area contributed by atoms with Gasteiger partial charge in [0.2, 0.25) is 0 Å². The Balaban J connectivity index is 1.64. The fraction of sp³-hybridized carbons (Fsp3) is 0.207. The summed E-state index contributed by atoms with van der Waals surface area (Å²) in [5.41, 5.74) is 6.36. The topological polar surface area (TPSA) is 68.3 Å². The molecule has 0 atom stereocenters. The number of fused-ring (bicyclic) bond motifs is 1. The molecule has 4 rings (SSSR count). The molecule has 35 heavy (non-hydrogen) atoms. The van der Waals surface area contributed by atoms with E-state index in [4.69, 9.17) is 9.72 Å². The van der Waals surface area contributed by atoms with Crippen molar-refractivity contribution in [3.8, 4) is 11.3 Å². The van der Waals surface area contributed by atoms with E-state index >= 15 is 0 Å². The molecular weight excluding hydrogens is 504 g/mol. The number of carbonyl (C=O) groups excluding carboxylic acids is 2. The molecule has 0 spiro atoms. The van der Waals surface area contributed by atoms with Crippen molar-refractivity contribution < 1.29 is 14.3 Å². The van der Waals surface area contributed by atoms with Crippen LogP contribution < -0.4 is 5.32 Å². The van der Waals surface area contributed by atoms with Crippen LogP contribution in [0.2, 0.25) is 0 Å². The van der Waals surface area contributed by atoms with Gasteiger partial charge in [-0.15, -0.1) is 0 Å². The number of pyridine rings is 1. The zero-order valence-electron chi connectivity index (χ0n) is 20.0. The van der Waals surface area contributed by atoms with Gasteiger partial charge in [-0.3, -0.25) is 4.79 Å². The van der Waals surface area contributed by atoms with Crippen molar-refractivity contribution in [2.75, 3.05) is 11.9 Å². The average molecular weight is 531 g/mol.